The van der Waals surface area contributed by atoms with Gasteiger partial charge in [0.2, 0.25) is 0 Å². The van der Waals surface area contributed by atoms with Crippen molar-refractivity contribution in [3.63, 3.8) is 0 Å². The maximum absolute atomic E-state index is 12.7. The Hall–Kier alpha value is -1.85. The summed E-state index contributed by atoms with van der Waals surface area (Å²) in [5.41, 5.74) is 6.79. The number of nitrogens with one attached hydrogen (secondary N) is 1. The number of fused-ring (bicyclic) bond motifs is 2. The monoisotopic (exact) mass is 333 g/mol. The number of carbonyl (C=O) groups is 1. The number of aromatic nitrogens is 1. The first kappa shape index (κ1) is 16.0. The minimum Gasteiger partial charge on any atom is -0.338 e. The maximum atomic E-state index is 12.7. The summed E-state index contributed by atoms with van der Waals surface area (Å²) < 4.78 is 0. The average molecular weight is 334 g/mol. The molecule has 1 saturated heterocycles. The van der Waals surface area contributed by atoms with Crippen LogP contribution in [0.5, 0.6) is 0 Å². The van der Waals surface area contributed by atoms with Crippen molar-refractivity contribution in [3.8, 4) is 0 Å². The lowest BCUT2D eigenvalue weighted by Crippen LogP contribution is -2.36. The van der Waals surface area contributed by atoms with Crippen LogP contribution in [0.1, 0.15) is 23.2 Å². The Kier molecular flexibility index (Phi) is 4.17. The van der Waals surface area contributed by atoms with E-state index < -0.39 is 0 Å². The van der Waals surface area contributed by atoms with Crippen molar-refractivity contribution in [1.82, 2.24) is 9.88 Å². The van der Waals surface area contributed by atoms with Gasteiger partial charge in [0.25, 0.3) is 11.5 Å². The Balaban J connectivity index is 0.00000156. The number of aromatic amines is 1. The minimum absolute atomic E-state index is 0. The SMILES string of the molecule is Cl.NC1CCC2CN(C(=O)c3cc4ccccc4[nH]c3=O)CC12. The molecule has 2 fully saturated rings. The van der Waals surface area contributed by atoms with E-state index in [0.717, 1.165) is 30.3 Å². The molecule has 6 heteroatoms. The topological polar surface area (TPSA) is 79.2 Å². The van der Waals surface area contributed by atoms with Crippen LogP contribution in [0, 0.1) is 11.8 Å². The maximum Gasteiger partial charge on any atom is 0.261 e. The molecule has 2 aromatic rings. The van der Waals surface area contributed by atoms with E-state index >= 15 is 0 Å². The Morgan fingerprint density at radius 2 is 2.00 bits per heavy atom. The largest absolute Gasteiger partial charge is 0.338 e. The molecule has 0 radical (unpaired) electrons. The Bertz CT molecular complexity index is 804. The molecule has 1 amide bonds. The van der Waals surface area contributed by atoms with Crippen molar-refractivity contribution in [2.24, 2.45) is 17.6 Å². The van der Waals surface area contributed by atoms with E-state index in [9.17, 15) is 9.59 Å². The van der Waals surface area contributed by atoms with Crippen LogP contribution in [0.3, 0.4) is 0 Å². The van der Waals surface area contributed by atoms with Crippen molar-refractivity contribution in [1.29, 1.82) is 0 Å². The Morgan fingerprint density at radius 3 is 2.78 bits per heavy atom. The number of nitrogens with two attached hydrogens (primary N) is 1. The van der Waals surface area contributed by atoms with Gasteiger partial charge in [0.05, 0.1) is 0 Å². The Labute approximate surface area is 140 Å². The summed E-state index contributed by atoms with van der Waals surface area (Å²) in [5, 5.41) is 0.876. The number of H-pyrrole nitrogens is 1. The number of benzene rings is 1. The first-order chi connectivity index (χ1) is 10.6. The number of halogens is 1. The van der Waals surface area contributed by atoms with Crippen LogP contribution in [-0.2, 0) is 0 Å². The molecule has 5 nitrogen and oxygen atoms in total. The van der Waals surface area contributed by atoms with E-state index in [-0.39, 0.29) is 35.5 Å². The quantitative estimate of drug-likeness (QED) is 0.834. The zero-order valence-electron chi connectivity index (χ0n) is 12.7. The van der Waals surface area contributed by atoms with Gasteiger partial charge in [-0.1, -0.05) is 18.2 Å². The summed E-state index contributed by atoms with van der Waals surface area (Å²) in [6.07, 6.45) is 2.14. The molecule has 2 heterocycles. The molecule has 4 rings (SSSR count). The smallest absolute Gasteiger partial charge is 0.261 e. The molecule has 3 atom stereocenters. The lowest BCUT2D eigenvalue weighted by molar-refractivity contribution is 0.0778. The third kappa shape index (κ3) is 2.64. The molecular formula is C17H20ClN3O2. The van der Waals surface area contributed by atoms with Gasteiger partial charge in [-0.05, 0) is 42.2 Å². The average Bonchev–Trinajstić information content (AvgIpc) is 3.08. The van der Waals surface area contributed by atoms with E-state index in [0.29, 0.717) is 18.4 Å². The summed E-state index contributed by atoms with van der Waals surface area (Å²) in [7, 11) is 0. The minimum atomic E-state index is -0.315. The number of amides is 1. The molecule has 0 bridgehead atoms. The van der Waals surface area contributed by atoms with E-state index in [1.54, 1.807) is 11.0 Å². The second-order valence-corrected chi connectivity index (χ2v) is 6.47. The van der Waals surface area contributed by atoms with Gasteiger partial charge in [-0.15, -0.1) is 12.4 Å². The predicted molar refractivity (Wildman–Crippen MR) is 91.9 cm³/mol. The highest BCUT2D eigenvalue weighted by molar-refractivity contribution is 5.97. The van der Waals surface area contributed by atoms with Crippen molar-refractivity contribution in [3.05, 3.63) is 46.2 Å². The Morgan fingerprint density at radius 1 is 1.22 bits per heavy atom. The summed E-state index contributed by atoms with van der Waals surface area (Å²) >= 11 is 0. The number of rotatable bonds is 1. The van der Waals surface area contributed by atoms with E-state index in [1.807, 2.05) is 24.3 Å². The number of hydrogen-bond acceptors (Lipinski definition) is 3. The van der Waals surface area contributed by atoms with E-state index in [1.165, 1.54) is 0 Å². The van der Waals surface area contributed by atoms with Gasteiger partial charge in [0, 0.05) is 24.6 Å². The fraction of sp³-hybridized carbons (Fsp3) is 0.412. The van der Waals surface area contributed by atoms with Gasteiger partial charge in [0.1, 0.15) is 5.56 Å². The van der Waals surface area contributed by atoms with Gasteiger partial charge >= 0.3 is 0 Å². The number of carbonyl (C=O) groups excluding carboxylic acids is 1. The van der Waals surface area contributed by atoms with Crippen LogP contribution in [0.4, 0.5) is 0 Å². The molecule has 2 aliphatic rings. The summed E-state index contributed by atoms with van der Waals surface area (Å²) in [4.78, 5) is 29.5. The van der Waals surface area contributed by atoms with Crippen molar-refractivity contribution < 1.29 is 4.79 Å². The second-order valence-electron chi connectivity index (χ2n) is 6.47. The summed E-state index contributed by atoms with van der Waals surface area (Å²) in [6.45, 7) is 1.40. The van der Waals surface area contributed by atoms with E-state index in [2.05, 4.69) is 4.98 Å². The van der Waals surface area contributed by atoms with Gasteiger partial charge in [-0.2, -0.15) is 0 Å². The third-order valence-electron chi connectivity index (χ3n) is 5.18. The second kappa shape index (κ2) is 5.98. The van der Waals surface area contributed by atoms with Crippen LogP contribution in [0.2, 0.25) is 0 Å². The molecule has 3 N–H and O–H groups in total. The fourth-order valence-electron chi connectivity index (χ4n) is 3.95. The zero-order valence-corrected chi connectivity index (χ0v) is 13.5. The molecule has 1 aromatic carbocycles. The molecule has 1 saturated carbocycles. The lowest BCUT2D eigenvalue weighted by Gasteiger charge is -2.18. The predicted octanol–water partition coefficient (Wildman–Crippen LogP) is 1.76. The highest BCUT2D eigenvalue weighted by Crippen LogP contribution is 2.37. The molecular weight excluding hydrogens is 314 g/mol. The number of pyridine rings is 1. The summed E-state index contributed by atoms with van der Waals surface area (Å²) in [5.74, 6) is 0.718. The third-order valence-corrected chi connectivity index (χ3v) is 5.18. The van der Waals surface area contributed by atoms with Crippen LogP contribution in [0.15, 0.2) is 35.1 Å². The highest BCUT2D eigenvalue weighted by Gasteiger charge is 2.42. The first-order valence-electron chi connectivity index (χ1n) is 7.80. The first-order valence-corrected chi connectivity index (χ1v) is 7.80. The molecule has 23 heavy (non-hydrogen) atoms. The number of likely N-dealkylation sites (tertiary alicyclic amines) is 1. The standard InChI is InChI=1S/C17H19N3O2.ClH/c18-14-6-5-11-8-20(9-13(11)14)17(22)12-7-10-3-1-2-4-15(10)19-16(12)21;/h1-4,7,11,13-14H,5-6,8-9,18H2,(H,19,21);1H. The molecule has 1 aliphatic carbocycles. The number of hydrogen-bond donors (Lipinski definition) is 2. The van der Waals surface area contributed by atoms with Gasteiger partial charge < -0.3 is 15.6 Å². The van der Waals surface area contributed by atoms with Crippen molar-refractivity contribution in [2.45, 2.75) is 18.9 Å². The molecule has 1 aromatic heterocycles. The van der Waals surface area contributed by atoms with E-state index in [4.69, 9.17) is 5.73 Å². The normalized spacial score (nSPS) is 26.1. The number of para-hydroxylation sites is 1. The van der Waals surface area contributed by atoms with Crippen LogP contribution >= 0.6 is 12.4 Å². The van der Waals surface area contributed by atoms with Crippen LogP contribution in [-0.4, -0.2) is 34.9 Å². The van der Waals surface area contributed by atoms with Gasteiger partial charge in [-0.3, -0.25) is 9.59 Å². The van der Waals surface area contributed by atoms with Gasteiger partial charge in [-0.25, -0.2) is 0 Å². The molecule has 0 spiro atoms. The van der Waals surface area contributed by atoms with Crippen LogP contribution < -0.4 is 11.3 Å². The fourth-order valence-corrected chi connectivity index (χ4v) is 3.95. The highest BCUT2D eigenvalue weighted by atomic mass is 35.5. The molecule has 1 aliphatic heterocycles. The van der Waals surface area contributed by atoms with Crippen molar-refractivity contribution in [2.75, 3.05) is 13.1 Å². The summed E-state index contributed by atoms with van der Waals surface area (Å²) in [6, 6.07) is 9.39. The van der Waals surface area contributed by atoms with Crippen LogP contribution in [0.25, 0.3) is 10.9 Å². The van der Waals surface area contributed by atoms with Crippen molar-refractivity contribution >= 4 is 29.2 Å². The van der Waals surface area contributed by atoms with Gasteiger partial charge in [0.15, 0.2) is 0 Å². The molecule has 122 valence electrons. The lowest BCUT2D eigenvalue weighted by atomic mass is 9.98. The molecule has 3 unspecified atom stereocenters. The zero-order chi connectivity index (χ0) is 15.3. The number of nitrogens with zero attached hydrogens (tertiary/aromatic N) is 1.